The summed E-state index contributed by atoms with van der Waals surface area (Å²) in [7, 11) is 0. The first kappa shape index (κ1) is 16.8. The molecule has 23 heavy (non-hydrogen) atoms. The Morgan fingerprint density at radius 2 is 1.74 bits per heavy atom. The molecule has 0 spiro atoms. The quantitative estimate of drug-likeness (QED) is 0.875. The molecule has 124 valence electrons. The first-order valence-corrected chi connectivity index (χ1v) is 5.97. The Morgan fingerprint density at radius 3 is 2.26 bits per heavy atom. The van der Waals surface area contributed by atoms with Gasteiger partial charge in [0.05, 0.1) is 5.56 Å². The SMILES string of the molecule is NC(=O)c1ccccc1-c1nc(C(F)(F)F)n(CC(F)(F)F)n1. The maximum absolute atomic E-state index is 12.8. The predicted molar refractivity (Wildman–Crippen MR) is 65.0 cm³/mol. The highest BCUT2D eigenvalue weighted by atomic mass is 19.4. The van der Waals surface area contributed by atoms with E-state index in [1.165, 1.54) is 24.3 Å². The van der Waals surface area contributed by atoms with E-state index in [9.17, 15) is 31.1 Å². The second-order valence-electron chi connectivity index (χ2n) is 4.44. The minimum absolute atomic E-state index is 0.188. The van der Waals surface area contributed by atoms with Gasteiger partial charge in [0, 0.05) is 5.56 Å². The van der Waals surface area contributed by atoms with Gasteiger partial charge in [0.15, 0.2) is 5.82 Å². The molecule has 5 nitrogen and oxygen atoms in total. The zero-order valence-electron chi connectivity index (χ0n) is 11.1. The standard InChI is InChI=1S/C12H8F6N4O/c13-11(14,15)5-22-10(12(16,17)18)20-9(21-22)7-4-2-1-3-6(7)8(19)23/h1-4H,5H2,(H2,19,23). The predicted octanol–water partition coefficient (Wildman–Crippen LogP) is 2.63. The third-order valence-corrected chi connectivity index (χ3v) is 2.69. The number of carbonyl (C=O) groups excluding carboxylic acids is 1. The maximum Gasteiger partial charge on any atom is 0.451 e. The van der Waals surface area contributed by atoms with Crippen molar-refractivity contribution >= 4 is 5.91 Å². The van der Waals surface area contributed by atoms with Crippen LogP contribution >= 0.6 is 0 Å². The Kier molecular flexibility index (Phi) is 4.05. The van der Waals surface area contributed by atoms with Crippen LogP contribution in [0.1, 0.15) is 16.2 Å². The van der Waals surface area contributed by atoms with Crippen LogP contribution in [0.3, 0.4) is 0 Å². The molecule has 0 radical (unpaired) electrons. The highest BCUT2D eigenvalue weighted by molar-refractivity contribution is 5.98. The summed E-state index contributed by atoms with van der Waals surface area (Å²) < 4.78 is 75.4. The Balaban J connectivity index is 2.60. The second kappa shape index (κ2) is 5.56. The van der Waals surface area contributed by atoms with Crippen molar-refractivity contribution in [3.8, 4) is 11.4 Å². The lowest BCUT2D eigenvalue weighted by Gasteiger charge is -2.10. The molecule has 0 aliphatic rings. The Labute approximate surface area is 124 Å². The van der Waals surface area contributed by atoms with Crippen molar-refractivity contribution in [1.29, 1.82) is 0 Å². The highest BCUT2D eigenvalue weighted by Crippen LogP contribution is 2.32. The third-order valence-electron chi connectivity index (χ3n) is 2.69. The molecule has 11 heteroatoms. The molecule has 0 unspecified atom stereocenters. The normalized spacial score (nSPS) is 12.4. The van der Waals surface area contributed by atoms with E-state index in [1.54, 1.807) is 0 Å². The van der Waals surface area contributed by atoms with Gasteiger partial charge in [-0.15, -0.1) is 0 Å². The molecule has 2 aromatic rings. The summed E-state index contributed by atoms with van der Waals surface area (Å²) in [4.78, 5) is 14.4. The van der Waals surface area contributed by atoms with E-state index in [-0.39, 0.29) is 15.8 Å². The van der Waals surface area contributed by atoms with Crippen molar-refractivity contribution in [2.24, 2.45) is 5.73 Å². The zero-order valence-corrected chi connectivity index (χ0v) is 11.1. The number of aromatic nitrogens is 3. The van der Waals surface area contributed by atoms with Gasteiger partial charge in [-0.25, -0.2) is 9.67 Å². The molecule has 0 aliphatic carbocycles. The topological polar surface area (TPSA) is 73.8 Å². The Bertz CT molecular complexity index is 734. The first-order chi connectivity index (χ1) is 10.5. The largest absolute Gasteiger partial charge is 0.451 e. The summed E-state index contributed by atoms with van der Waals surface area (Å²) in [6.45, 7) is -1.96. The summed E-state index contributed by atoms with van der Waals surface area (Å²) in [5.74, 6) is -3.46. The lowest BCUT2D eigenvalue weighted by atomic mass is 10.1. The van der Waals surface area contributed by atoms with E-state index in [1.807, 2.05) is 0 Å². The monoisotopic (exact) mass is 338 g/mol. The van der Waals surface area contributed by atoms with Gasteiger partial charge in [0.2, 0.25) is 11.7 Å². The highest BCUT2D eigenvalue weighted by Gasteiger charge is 2.41. The molecule has 2 N–H and O–H groups in total. The number of nitrogens with two attached hydrogens (primary N) is 1. The van der Waals surface area contributed by atoms with E-state index < -0.39 is 36.5 Å². The number of rotatable bonds is 3. The van der Waals surface area contributed by atoms with Crippen LogP contribution < -0.4 is 5.73 Å². The van der Waals surface area contributed by atoms with Crippen molar-refractivity contribution in [1.82, 2.24) is 14.8 Å². The smallest absolute Gasteiger partial charge is 0.366 e. The zero-order chi connectivity index (χ0) is 17.4. The summed E-state index contributed by atoms with van der Waals surface area (Å²) >= 11 is 0. The maximum atomic E-state index is 12.8. The van der Waals surface area contributed by atoms with Gasteiger partial charge in [-0.3, -0.25) is 4.79 Å². The Morgan fingerprint density at radius 1 is 1.13 bits per heavy atom. The number of primary amides is 1. The molecule has 2 rings (SSSR count). The molecule has 0 saturated heterocycles. The number of carbonyl (C=O) groups is 1. The minimum atomic E-state index is -5.14. The number of hydrogen-bond donors (Lipinski definition) is 1. The fraction of sp³-hybridized carbons (Fsp3) is 0.250. The average Bonchev–Trinajstić information content (AvgIpc) is 2.80. The third kappa shape index (κ3) is 3.79. The number of halogens is 6. The van der Waals surface area contributed by atoms with Crippen LogP contribution in [0, 0.1) is 0 Å². The van der Waals surface area contributed by atoms with Crippen LogP contribution in [0.4, 0.5) is 26.3 Å². The summed E-state index contributed by atoms with van der Waals surface area (Å²) in [6.07, 6.45) is -10.1. The number of alkyl halides is 6. The average molecular weight is 338 g/mol. The Hall–Kier alpha value is -2.59. The van der Waals surface area contributed by atoms with Gasteiger partial charge in [-0.2, -0.15) is 31.4 Å². The molecular formula is C12H8F6N4O. The van der Waals surface area contributed by atoms with Gasteiger partial charge in [0.25, 0.3) is 0 Å². The van der Waals surface area contributed by atoms with Crippen molar-refractivity contribution in [2.75, 3.05) is 0 Å². The van der Waals surface area contributed by atoms with Crippen molar-refractivity contribution in [2.45, 2.75) is 18.9 Å². The van der Waals surface area contributed by atoms with E-state index in [4.69, 9.17) is 5.73 Å². The van der Waals surface area contributed by atoms with Gasteiger partial charge in [-0.1, -0.05) is 18.2 Å². The molecule has 0 bridgehead atoms. The number of nitrogens with zero attached hydrogens (tertiary/aromatic N) is 3. The van der Waals surface area contributed by atoms with Crippen LogP contribution in [-0.4, -0.2) is 26.8 Å². The molecule has 1 amide bonds. The second-order valence-corrected chi connectivity index (χ2v) is 4.44. The van der Waals surface area contributed by atoms with E-state index in [0.29, 0.717) is 0 Å². The van der Waals surface area contributed by atoms with E-state index in [0.717, 1.165) is 0 Å². The van der Waals surface area contributed by atoms with E-state index in [2.05, 4.69) is 10.1 Å². The van der Waals surface area contributed by atoms with Crippen LogP contribution in [0.2, 0.25) is 0 Å². The van der Waals surface area contributed by atoms with Gasteiger partial charge in [0.1, 0.15) is 6.54 Å². The van der Waals surface area contributed by atoms with Gasteiger partial charge >= 0.3 is 12.4 Å². The molecule has 1 heterocycles. The summed E-state index contributed by atoms with van der Waals surface area (Å²) in [5, 5.41) is 3.23. The molecule has 0 fully saturated rings. The van der Waals surface area contributed by atoms with Crippen LogP contribution in [0.25, 0.3) is 11.4 Å². The summed E-state index contributed by atoms with van der Waals surface area (Å²) in [6, 6.07) is 5.14. The van der Waals surface area contributed by atoms with Crippen LogP contribution in [-0.2, 0) is 12.7 Å². The first-order valence-electron chi connectivity index (χ1n) is 5.97. The molecule has 0 aliphatic heterocycles. The van der Waals surface area contributed by atoms with Crippen LogP contribution in [0.15, 0.2) is 24.3 Å². The van der Waals surface area contributed by atoms with Crippen LogP contribution in [0.5, 0.6) is 0 Å². The minimum Gasteiger partial charge on any atom is -0.366 e. The van der Waals surface area contributed by atoms with Crippen molar-refractivity contribution in [3.05, 3.63) is 35.7 Å². The number of hydrogen-bond acceptors (Lipinski definition) is 3. The van der Waals surface area contributed by atoms with Crippen molar-refractivity contribution < 1.29 is 31.1 Å². The fourth-order valence-electron chi connectivity index (χ4n) is 1.84. The lowest BCUT2D eigenvalue weighted by Crippen LogP contribution is -2.24. The number of amides is 1. The molecule has 0 atom stereocenters. The molecule has 1 aromatic heterocycles. The molecule has 1 aromatic carbocycles. The van der Waals surface area contributed by atoms with Gasteiger partial charge < -0.3 is 5.73 Å². The van der Waals surface area contributed by atoms with E-state index >= 15 is 0 Å². The van der Waals surface area contributed by atoms with Gasteiger partial charge in [-0.05, 0) is 6.07 Å². The lowest BCUT2D eigenvalue weighted by molar-refractivity contribution is -0.163. The molecular weight excluding hydrogens is 330 g/mol. The summed E-state index contributed by atoms with van der Waals surface area (Å²) in [5.41, 5.74) is 4.69. The van der Waals surface area contributed by atoms with Crippen molar-refractivity contribution in [3.63, 3.8) is 0 Å². The number of benzene rings is 1. The molecule has 0 saturated carbocycles. The fourth-order valence-corrected chi connectivity index (χ4v) is 1.84.